The van der Waals surface area contributed by atoms with Gasteiger partial charge in [0.05, 0.1) is 18.5 Å². The number of hydrogen-bond donors (Lipinski definition) is 1. The SMILES string of the molecule is CCCNC(c1cncc(F)c1)c1coc2ccccc12. The topological polar surface area (TPSA) is 38.1 Å². The molecule has 0 bridgehead atoms. The quantitative estimate of drug-likeness (QED) is 0.768. The van der Waals surface area contributed by atoms with E-state index in [0.29, 0.717) is 0 Å². The third-order valence-electron chi connectivity index (χ3n) is 3.48. The van der Waals surface area contributed by atoms with Gasteiger partial charge in [0.2, 0.25) is 0 Å². The summed E-state index contributed by atoms with van der Waals surface area (Å²) in [4.78, 5) is 3.96. The Morgan fingerprint density at radius 2 is 2.14 bits per heavy atom. The highest BCUT2D eigenvalue weighted by atomic mass is 19.1. The Labute approximate surface area is 122 Å². The molecule has 0 aliphatic rings. The Morgan fingerprint density at radius 3 is 2.95 bits per heavy atom. The van der Waals surface area contributed by atoms with Crippen LogP contribution in [0, 0.1) is 5.82 Å². The number of nitrogens with zero attached hydrogens (tertiary/aromatic N) is 1. The van der Waals surface area contributed by atoms with Crippen molar-refractivity contribution in [3.05, 3.63) is 65.9 Å². The molecule has 21 heavy (non-hydrogen) atoms. The molecule has 0 saturated heterocycles. The van der Waals surface area contributed by atoms with Gasteiger partial charge in [0.25, 0.3) is 0 Å². The normalized spacial score (nSPS) is 12.7. The van der Waals surface area contributed by atoms with Crippen LogP contribution in [0.25, 0.3) is 11.0 Å². The van der Waals surface area contributed by atoms with Gasteiger partial charge in [-0.2, -0.15) is 0 Å². The number of aromatic nitrogens is 1. The molecule has 2 heterocycles. The van der Waals surface area contributed by atoms with Gasteiger partial charge >= 0.3 is 0 Å². The summed E-state index contributed by atoms with van der Waals surface area (Å²) in [6.07, 6.45) is 5.64. The average Bonchev–Trinajstić information content (AvgIpc) is 2.92. The largest absolute Gasteiger partial charge is 0.464 e. The Kier molecular flexibility index (Phi) is 3.97. The van der Waals surface area contributed by atoms with E-state index >= 15 is 0 Å². The second kappa shape index (κ2) is 6.06. The van der Waals surface area contributed by atoms with Crippen molar-refractivity contribution in [1.29, 1.82) is 0 Å². The predicted octanol–water partition coefficient (Wildman–Crippen LogP) is 4.06. The number of benzene rings is 1. The number of rotatable bonds is 5. The highest BCUT2D eigenvalue weighted by Crippen LogP contribution is 2.30. The van der Waals surface area contributed by atoms with E-state index in [1.165, 1.54) is 12.3 Å². The second-order valence-electron chi connectivity index (χ2n) is 5.01. The van der Waals surface area contributed by atoms with Crippen molar-refractivity contribution in [3.8, 4) is 0 Å². The molecule has 0 aliphatic carbocycles. The Hall–Kier alpha value is -2.20. The molecule has 0 fully saturated rings. The summed E-state index contributed by atoms with van der Waals surface area (Å²) < 4.78 is 19.1. The molecule has 1 aromatic carbocycles. The molecule has 4 heteroatoms. The Morgan fingerprint density at radius 1 is 1.29 bits per heavy atom. The number of fused-ring (bicyclic) bond motifs is 1. The molecule has 0 aliphatic heterocycles. The molecule has 0 saturated carbocycles. The zero-order valence-electron chi connectivity index (χ0n) is 11.8. The van der Waals surface area contributed by atoms with E-state index in [4.69, 9.17) is 4.42 Å². The first kappa shape index (κ1) is 13.8. The van der Waals surface area contributed by atoms with Crippen LogP contribution in [0.3, 0.4) is 0 Å². The number of furan rings is 1. The van der Waals surface area contributed by atoms with Crippen LogP contribution in [-0.4, -0.2) is 11.5 Å². The van der Waals surface area contributed by atoms with E-state index < -0.39 is 0 Å². The predicted molar refractivity (Wildman–Crippen MR) is 80.5 cm³/mol. The second-order valence-corrected chi connectivity index (χ2v) is 5.01. The molecule has 3 aromatic rings. The van der Waals surface area contributed by atoms with Gasteiger partial charge in [-0.05, 0) is 30.7 Å². The van der Waals surface area contributed by atoms with E-state index in [2.05, 4.69) is 17.2 Å². The van der Waals surface area contributed by atoms with Crippen LogP contribution in [-0.2, 0) is 0 Å². The first-order valence-electron chi connectivity index (χ1n) is 7.09. The van der Waals surface area contributed by atoms with E-state index in [1.807, 2.05) is 24.3 Å². The third-order valence-corrected chi connectivity index (χ3v) is 3.48. The maximum absolute atomic E-state index is 13.5. The lowest BCUT2D eigenvalue weighted by atomic mass is 9.99. The van der Waals surface area contributed by atoms with Crippen molar-refractivity contribution in [3.63, 3.8) is 0 Å². The van der Waals surface area contributed by atoms with E-state index in [-0.39, 0.29) is 11.9 Å². The first-order chi connectivity index (χ1) is 10.3. The molecule has 1 unspecified atom stereocenters. The first-order valence-corrected chi connectivity index (χ1v) is 7.09. The molecule has 0 spiro atoms. The lowest BCUT2D eigenvalue weighted by Gasteiger charge is -2.18. The number of para-hydroxylation sites is 1. The maximum Gasteiger partial charge on any atom is 0.141 e. The summed E-state index contributed by atoms with van der Waals surface area (Å²) in [6, 6.07) is 9.25. The van der Waals surface area contributed by atoms with Gasteiger partial charge in [-0.25, -0.2) is 4.39 Å². The van der Waals surface area contributed by atoms with Gasteiger partial charge in [0, 0.05) is 17.1 Å². The van der Waals surface area contributed by atoms with E-state index in [1.54, 1.807) is 12.5 Å². The zero-order valence-corrected chi connectivity index (χ0v) is 11.8. The van der Waals surface area contributed by atoms with Crippen LogP contribution in [0.1, 0.15) is 30.5 Å². The minimum atomic E-state index is -0.330. The standard InChI is InChI=1S/C17H17FN2O/c1-2-7-20-17(12-8-13(18)10-19-9-12)15-11-21-16-6-4-3-5-14(15)16/h3-6,8-11,17,20H,2,7H2,1H3. The van der Waals surface area contributed by atoms with Crippen LogP contribution >= 0.6 is 0 Å². The van der Waals surface area contributed by atoms with Crippen LogP contribution in [0.5, 0.6) is 0 Å². The molecular weight excluding hydrogens is 267 g/mol. The van der Waals surface area contributed by atoms with Crippen LogP contribution in [0.15, 0.2) is 53.4 Å². The summed E-state index contributed by atoms with van der Waals surface area (Å²) >= 11 is 0. The van der Waals surface area contributed by atoms with Gasteiger partial charge in [-0.3, -0.25) is 4.98 Å². The van der Waals surface area contributed by atoms with Crippen LogP contribution in [0.2, 0.25) is 0 Å². The van der Waals surface area contributed by atoms with Crippen molar-refractivity contribution in [1.82, 2.24) is 10.3 Å². The fourth-order valence-corrected chi connectivity index (χ4v) is 2.50. The van der Waals surface area contributed by atoms with Gasteiger partial charge in [0.1, 0.15) is 11.4 Å². The molecule has 0 radical (unpaired) electrons. The van der Waals surface area contributed by atoms with Crippen molar-refractivity contribution in [2.45, 2.75) is 19.4 Å². The molecule has 3 rings (SSSR count). The van der Waals surface area contributed by atoms with E-state index in [0.717, 1.165) is 35.1 Å². The van der Waals surface area contributed by atoms with Crippen molar-refractivity contribution >= 4 is 11.0 Å². The summed E-state index contributed by atoms with van der Waals surface area (Å²) in [7, 11) is 0. The van der Waals surface area contributed by atoms with Gasteiger partial charge in [-0.15, -0.1) is 0 Å². The number of pyridine rings is 1. The monoisotopic (exact) mass is 284 g/mol. The van der Waals surface area contributed by atoms with Crippen molar-refractivity contribution in [2.75, 3.05) is 6.54 Å². The lowest BCUT2D eigenvalue weighted by Crippen LogP contribution is -2.23. The smallest absolute Gasteiger partial charge is 0.141 e. The molecule has 1 atom stereocenters. The van der Waals surface area contributed by atoms with Gasteiger partial charge in [-0.1, -0.05) is 25.1 Å². The van der Waals surface area contributed by atoms with Crippen LogP contribution < -0.4 is 5.32 Å². The molecule has 2 aromatic heterocycles. The Bertz CT molecular complexity index is 738. The molecule has 1 N–H and O–H groups in total. The minimum Gasteiger partial charge on any atom is -0.464 e. The summed E-state index contributed by atoms with van der Waals surface area (Å²) in [5, 5.41) is 4.48. The average molecular weight is 284 g/mol. The molecule has 0 amide bonds. The molecule has 3 nitrogen and oxygen atoms in total. The summed E-state index contributed by atoms with van der Waals surface area (Å²) in [5.74, 6) is -0.330. The third kappa shape index (κ3) is 2.81. The van der Waals surface area contributed by atoms with Gasteiger partial charge < -0.3 is 9.73 Å². The fourth-order valence-electron chi connectivity index (χ4n) is 2.50. The van der Waals surface area contributed by atoms with Crippen molar-refractivity contribution in [2.24, 2.45) is 0 Å². The maximum atomic E-state index is 13.5. The Balaban J connectivity index is 2.06. The minimum absolute atomic E-state index is 0.128. The number of hydrogen-bond acceptors (Lipinski definition) is 3. The summed E-state index contributed by atoms with van der Waals surface area (Å²) in [5.41, 5.74) is 2.64. The van der Waals surface area contributed by atoms with Crippen LogP contribution in [0.4, 0.5) is 4.39 Å². The summed E-state index contributed by atoms with van der Waals surface area (Å²) in [6.45, 7) is 2.93. The van der Waals surface area contributed by atoms with Crippen molar-refractivity contribution < 1.29 is 8.81 Å². The molecular formula is C17H17FN2O. The fraction of sp³-hybridized carbons (Fsp3) is 0.235. The number of nitrogens with one attached hydrogen (secondary N) is 1. The zero-order chi connectivity index (χ0) is 14.7. The highest BCUT2D eigenvalue weighted by molar-refractivity contribution is 5.81. The lowest BCUT2D eigenvalue weighted by molar-refractivity contribution is 0.563. The van der Waals surface area contributed by atoms with Gasteiger partial charge in [0.15, 0.2) is 0 Å². The highest BCUT2D eigenvalue weighted by Gasteiger charge is 2.19. The molecule has 108 valence electrons. The van der Waals surface area contributed by atoms with E-state index in [9.17, 15) is 4.39 Å². The number of halogens is 1.